The lowest BCUT2D eigenvalue weighted by molar-refractivity contribution is -0.142. The molecular weight excluding hydrogens is 268 g/mol. The number of carboxylic acids is 1. The number of carboxylic acid groups (broad SMARTS) is 1. The summed E-state index contributed by atoms with van der Waals surface area (Å²) in [6.07, 6.45) is 2.52. The molecule has 0 heterocycles. The fraction of sp³-hybridized carbons (Fsp3) is 0.857. The second kappa shape index (κ2) is 6.06. The molecule has 1 amide bonds. The molecule has 0 unspecified atom stereocenters. The Bertz CT molecular complexity index is 369. The van der Waals surface area contributed by atoms with Crippen LogP contribution in [-0.4, -0.2) is 28.9 Å². The van der Waals surface area contributed by atoms with Gasteiger partial charge in [0.2, 0.25) is 11.8 Å². The van der Waals surface area contributed by atoms with Gasteiger partial charge in [0, 0.05) is 24.8 Å². The lowest BCUT2D eigenvalue weighted by Gasteiger charge is -2.31. The topological polar surface area (TPSA) is 66.4 Å². The summed E-state index contributed by atoms with van der Waals surface area (Å²) in [7, 11) is 0. The van der Waals surface area contributed by atoms with Crippen molar-refractivity contribution in [2.75, 3.05) is 0 Å². The minimum atomic E-state index is -2.61. The van der Waals surface area contributed by atoms with E-state index in [0.717, 1.165) is 0 Å². The van der Waals surface area contributed by atoms with E-state index in [9.17, 15) is 18.4 Å². The number of aliphatic carboxylic acids is 1. The number of nitrogens with one attached hydrogen (secondary N) is 1. The van der Waals surface area contributed by atoms with Crippen molar-refractivity contribution in [3.05, 3.63) is 0 Å². The van der Waals surface area contributed by atoms with Gasteiger partial charge < -0.3 is 10.4 Å². The molecule has 0 atom stereocenters. The summed E-state index contributed by atoms with van der Waals surface area (Å²) in [5, 5.41) is 11.8. The van der Waals surface area contributed by atoms with Crippen LogP contribution in [0.15, 0.2) is 0 Å². The van der Waals surface area contributed by atoms with Crippen LogP contribution in [0.25, 0.3) is 0 Å². The maximum absolute atomic E-state index is 13.0. The summed E-state index contributed by atoms with van der Waals surface area (Å²) in [4.78, 5) is 22.9. The molecular formula is C14H21F2NO3. The monoisotopic (exact) mass is 289 g/mol. The molecule has 2 aliphatic carbocycles. The summed E-state index contributed by atoms with van der Waals surface area (Å²) in [6.45, 7) is 0. The lowest BCUT2D eigenvalue weighted by atomic mass is 9.84. The number of hydrogen-bond donors (Lipinski definition) is 2. The number of carbonyl (C=O) groups is 2. The summed E-state index contributed by atoms with van der Waals surface area (Å²) in [5.41, 5.74) is 0. The van der Waals surface area contributed by atoms with Crippen molar-refractivity contribution in [1.82, 2.24) is 5.32 Å². The van der Waals surface area contributed by atoms with Crippen LogP contribution in [-0.2, 0) is 9.59 Å². The molecule has 0 saturated heterocycles. The highest BCUT2D eigenvalue weighted by molar-refractivity contribution is 5.79. The highest BCUT2D eigenvalue weighted by Gasteiger charge is 2.38. The molecule has 0 aromatic carbocycles. The Morgan fingerprint density at radius 2 is 1.50 bits per heavy atom. The van der Waals surface area contributed by atoms with Crippen molar-refractivity contribution < 1.29 is 23.5 Å². The predicted octanol–water partition coefficient (Wildman–Crippen LogP) is 2.57. The third-order valence-electron chi connectivity index (χ3n) is 4.51. The Balaban J connectivity index is 1.74. The molecule has 0 bridgehead atoms. The van der Waals surface area contributed by atoms with Crippen molar-refractivity contribution in [3.63, 3.8) is 0 Å². The Morgan fingerprint density at radius 1 is 0.950 bits per heavy atom. The molecule has 2 aliphatic rings. The van der Waals surface area contributed by atoms with Crippen molar-refractivity contribution in [2.24, 2.45) is 11.8 Å². The Hall–Kier alpha value is -1.20. The van der Waals surface area contributed by atoms with Gasteiger partial charge in [0.25, 0.3) is 0 Å². The average Bonchev–Trinajstić information content (AvgIpc) is 2.39. The zero-order valence-electron chi connectivity index (χ0n) is 11.4. The first-order valence-corrected chi connectivity index (χ1v) is 7.28. The highest BCUT2D eigenvalue weighted by Crippen LogP contribution is 2.36. The minimum absolute atomic E-state index is 0.000497. The summed E-state index contributed by atoms with van der Waals surface area (Å²) in [5.74, 6) is -4.15. The van der Waals surface area contributed by atoms with Gasteiger partial charge in [-0.2, -0.15) is 0 Å². The average molecular weight is 289 g/mol. The van der Waals surface area contributed by atoms with Gasteiger partial charge in [-0.05, 0) is 38.5 Å². The van der Waals surface area contributed by atoms with Crippen LogP contribution < -0.4 is 5.32 Å². The molecule has 2 fully saturated rings. The molecule has 4 nitrogen and oxygen atoms in total. The first-order chi connectivity index (χ1) is 9.37. The summed E-state index contributed by atoms with van der Waals surface area (Å²) >= 11 is 0. The number of halogens is 2. The molecule has 2 saturated carbocycles. The summed E-state index contributed by atoms with van der Waals surface area (Å²) in [6, 6.07) is 0.000497. The Kier molecular flexibility index (Phi) is 4.60. The van der Waals surface area contributed by atoms with Crippen molar-refractivity contribution in [1.29, 1.82) is 0 Å². The highest BCUT2D eigenvalue weighted by atomic mass is 19.3. The van der Waals surface area contributed by atoms with E-state index in [1.165, 1.54) is 0 Å². The van der Waals surface area contributed by atoms with Crippen LogP contribution in [0.1, 0.15) is 51.4 Å². The van der Waals surface area contributed by atoms with E-state index >= 15 is 0 Å². The molecule has 0 aromatic heterocycles. The van der Waals surface area contributed by atoms with E-state index in [1.54, 1.807) is 0 Å². The predicted molar refractivity (Wildman–Crippen MR) is 68.4 cm³/mol. The van der Waals surface area contributed by atoms with Crippen molar-refractivity contribution >= 4 is 11.9 Å². The molecule has 0 radical (unpaired) electrons. The van der Waals surface area contributed by atoms with Crippen LogP contribution in [0.5, 0.6) is 0 Å². The Labute approximate surface area is 116 Å². The zero-order valence-corrected chi connectivity index (χ0v) is 11.4. The van der Waals surface area contributed by atoms with E-state index < -0.39 is 11.9 Å². The molecule has 2 rings (SSSR count). The second-order valence-electron chi connectivity index (χ2n) is 6.03. The quantitative estimate of drug-likeness (QED) is 0.839. The minimum Gasteiger partial charge on any atom is -0.481 e. The second-order valence-corrected chi connectivity index (χ2v) is 6.03. The van der Waals surface area contributed by atoms with Gasteiger partial charge in [-0.3, -0.25) is 9.59 Å². The lowest BCUT2D eigenvalue weighted by Crippen LogP contribution is -2.43. The van der Waals surface area contributed by atoms with Crippen LogP contribution >= 0.6 is 0 Å². The van der Waals surface area contributed by atoms with E-state index in [4.69, 9.17) is 5.11 Å². The van der Waals surface area contributed by atoms with Gasteiger partial charge in [0.05, 0.1) is 5.92 Å². The first-order valence-electron chi connectivity index (χ1n) is 7.28. The fourth-order valence-corrected chi connectivity index (χ4v) is 3.11. The summed E-state index contributed by atoms with van der Waals surface area (Å²) < 4.78 is 26.1. The van der Waals surface area contributed by atoms with Crippen LogP contribution in [0, 0.1) is 11.8 Å². The Morgan fingerprint density at radius 3 is 2.00 bits per heavy atom. The molecule has 6 heteroatoms. The molecule has 2 N–H and O–H groups in total. The van der Waals surface area contributed by atoms with Gasteiger partial charge in [0.1, 0.15) is 0 Å². The van der Waals surface area contributed by atoms with Crippen molar-refractivity contribution in [3.8, 4) is 0 Å². The molecule has 20 heavy (non-hydrogen) atoms. The molecule has 0 aliphatic heterocycles. The van der Waals surface area contributed by atoms with E-state index in [1.807, 2.05) is 0 Å². The normalized spacial score (nSPS) is 30.7. The maximum atomic E-state index is 13.0. The van der Waals surface area contributed by atoms with E-state index in [2.05, 4.69) is 5.32 Å². The van der Waals surface area contributed by atoms with Crippen LogP contribution in [0.2, 0.25) is 0 Å². The number of rotatable bonds is 3. The molecule has 0 aromatic rings. The third-order valence-corrected chi connectivity index (χ3v) is 4.51. The number of carbonyl (C=O) groups excluding carboxylic acids is 1. The number of hydrogen-bond acceptors (Lipinski definition) is 2. The fourth-order valence-electron chi connectivity index (χ4n) is 3.11. The zero-order chi connectivity index (χ0) is 14.8. The molecule has 114 valence electrons. The van der Waals surface area contributed by atoms with Gasteiger partial charge in [-0.15, -0.1) is 0 Å². The van der Waals surface area contributed by atoms with Gasteiger partial charge >= 0.3 is 5.97 Å². The smallest absolute Gasteiger partial charge is 0.306 e. The van der Waals surface area contributed by atoms with Gasteiger partial charge in [-0.25, -0.2) is 8.78 Å². The van der Waals surface area contributed by atoms with Crippen LogP contribution in [0.3, 0.4) is 0 Å². The number of amides is 1. The standard InChI is InChI=1S/C14H21F2NO3/c15-14(16)7-5-9(6-8-14)12(18)17-11-3-1-10(2-4-11)13(19)20/h9-11H,1-8H2,(H,17,18)(H,19,20). The van der Waals surface area contributed by atoms with Gasteiger partial charge in [0.15, 0.2) is 0 Å². The maximum Gasteiger partial charge on any atom is 0.306 e. The van der Waals surface area contributed by atoms with E-state index in [-0.39, 0.29) is 49.5 Å². The largest absolute Gasteiger partial charge is 0.481 e. The first kappa shape index (κ1) is 15.2. The SMILES string of the molecule is O=C(O)C1CCC(NC(=O)C2CCC(F)(F)CC2)CC1. The van der Waals surface area contributed by atoms with Crippen molar-refractivity contribution in [2.45, 2.75) is 63.3 Å². The van der Waals surface area contributed by atoms with Crippen LogP contribution in [0.4, 0.5) is 8.78 Å². The third kappa shape index (κ3) is 3.90. The van der Waals surface area contributed by atoms with Gasteiger partial charge in [-0.1, -0.05) is 0 Å². The number of alkyl halides is 2. The van der Waals surface area contributed by atoms with E-state index in [0.29, 0.717) is 25.7 Å². The molecule has 0 spiro atoms.